The lowest BCUT2D eigenvalue weighted by Crippen LogP contribution is -2.18. The highest BCUT2D eigenvalue weighted by atomic mass is 19.4. The van der Waals surface area contributed by atoms with Gasteiger partial charge in [0.05, 0.1) is 25.0 Å². The van der Waals surface area contributed by atoms with Crippen LogP contribution in [-0.4, -0.2) is 32.7 Å². The van der Waals surface area contributed by atoms with E-state index in [9.17, 15) is 13.2 Å². The van der Waals surface area contributed by atoms with Crippen molar-refractivity contribution >= 4 is 11.2 Å². The van der Waals surface area contributed by atoms with Crippen LogP contribution in [0.25, 0.3) is 11.2 Å². The minimum Gasteiger partial charge on any atom is -0.290 e. The van der Waals surface area contributed by atoms with Gasteiger partial charge in [-0.1, -0.05) is 13.8 Å². The van der Waals surface area contributed by atoms with Crippen LogP contribution in [0.4, 0.5) is 13.2 Å². The molecule has 0 N–H and O–H groups in total. The SMILES string of the molecule is CC(C)c1cnc2cnn(CCOC(F)(F)F)c2n1. The Morgan fingerprint density at radius 3 is 2.68 bits per heavy atom. The molecule has 0 aliphatic carbocycles. The lowest BCUT2D eigenvalue weighted by molar-refractivity contribution is -0.325. The molecule has 2 aromatic rings. The molecule has 0 spiro atoms. The summed E-state index contributed by atoms with van der Waals surface area (Å²) < 4.78 is 40.7. The van der Waals surface area contributed by atoms with E-state index in [-0.39, 0.29) is 12.5 Å². The monoisotopic (exact) mass is 274 g/mol. The Labute approximate surface area is 107 Å². The van der Waals surface area contributed by atoms with Gasteiger partial charge in [0.1, 0.15) is 5.52 Å². The molecule has 0 amide bonds. The molecule has 0 atom stereocenters. The number of halogens is 3. The normalized spacial score (nSPS) is 12.5. The smallest absolute Gasteiger partial charge is 0.290 e. The molecule has 5 nitrogen and oxygen atoms in total. The quantitative estimate of drug-likeness (QED) is 0.859. The summed E-state index contributed by atoms with van der Waals surface area (Å²) in [6.07, 6.45) is -1.51. The number of alkyl halides is 3. The summed E-state index contributed by atoms with van der Waals surface area (Å²) in [5.41, 5.74) is 1.79. The molecule has 0 aliphatic heterocycles. The molecule has 0 unspecified atom stereocenters. The van der Waals surface area contributed by atoms with E-state index in [1.165, 1.54) is 10.9 Å². The second-order valence-electron chi connectivity index (χ2n) is 4.32. The van der Waals surface area contributed by atoms with Gasteiger partial charge in [0.25, 0.3) is 0 Å². The highest BCUT2D eigenvalue weighted by Crippen LogP contribution is 2.17. The number of hydrogen-bond acceptors (Lipinski definition) is 4. The minimum absolute atomic E-state index is 0.0285. The third-order valence-corrected chi connectivity index (χ3v) is 2.52. The van der Waals surface area contributed by atoms with E-state index in [1.807, 2.05) is 13.8 Å². The third kappa shape index (κ3) is 3.40. The average Bonchev–Trinajstić information content (AvgIpc) is 2.70. The summed E-state index contributed by atoms with van der Waals surface area (Å²) in [6.45, 7) is 3.39. The van der Waals surface area contributed by atoms with Crippen LogP contribution in [0.3, 0.4) is 0 Å². The zero-order valence-electron chi connectivity index (χ0n) is 10.5. The van der Waals surface area contributed by atoms with Gasteiger partial charge in [-0.15, -0.1) is 13.2 Å². The van der Waals surface area contributed by atoms with Crippen LogP contribution >= 0.6 is 0 Å². The van der Waals surface area contributed by atoms with Crippen LogP contribution in [0.15, 0.2) is 12.4 Å². The molecule has 0 saturated heterocycles. The van der Waals surface area contributed by atoms with Crippen molar-refractivity contribution < 1.29 is 17.9 Å². The fraction of sp³-hybridized carbons (Fsp3) is 0.545. The van der Waals surface area contributed by atoms with Gasteiger partial charge in [-0.2, -0.15) is 5.10 Å². The molecule has 0 aromatic carbocycles. The van der Waals surface area contributed by atoms with Gasteiger partial charge >= 0.3 is 6.36 Å². The van der Waals surface area contributed by atoms with Crippen molar-refractivity contribution in [2.75, 3.05) is 6.61 Å². The topological polar surface area (TPSA) is 52.8 Å². The number of rotatable bonds is 4. The first kappa shape index (κ1) is 13.7. The summed E-state index contributed by atoms with van der Waals surface area (Å²) in [6, 6.07) is 0. The molecule has 8 heteroatoms. The van der Waals surface area contributed by atoms with Gasteiger partial charge in [0, 0.05) is 6.20 Å². The molecule has 2 aromatic heterocycles. The van der Waals surface area contributed by atoms with Crippen molar-refractivity contribution in [3.05, 3.63) is 18.1 Å². The van der Waals surface area contributed by atoms with Gasteiger partial charge in [0.2, 0.25) is 0 Å². The Bertz CT molecular complexity index is 565. The van der Waals surface area contributed by atoms with E-state index >= 15 is 0 Å². The van der Waals surface area contributed by atoms with Crippen molar-refractivity contribution in [1.29, 1.82) is 0 Å². The van der Waals surface area contributed by atoms with E-state index in [0.717, 1.165) is 5.69 Å². The number of hydrogen-bond donors (Lipinski definition) is 0. The van der Waals surface area contributed by atoms with E-state index in [0.29, 0.717) is 11.2 Å². The van der Waals surface area contributed by atoms with Gasteiger partial charge < -0.3 is 0 Å². The number of fused-ring (bicyclic) bond motifs is 1. The highest BCUT2D eigenvalue weighted by molar-refractivity contribution is 5.69. The summed E-state index contributed by atoms with van der Waals surface area (Å²) >= 11 is 0. The van der Waals surface area contributed by atoms with Crippen LogP contribution in [0.1, 0.15) is 25.5 Å². The Kier molecular flexibility index (Phi) is 3.70. The van der Waals surface area contributed by atoms with E-state index < -0.39 is 13.0 Å². The summed E-state index contributed by atoms with van der Waals surface area (Å²) in [5.74, 6) is 0.187. The van der Waals surface area contributed by atoms with Crippen molar-refractivity contribution in [2.24, 2.45) is 0 Å². The summed E-state index contributed by atoms with van der Waals surface area (Å²) in [5, 5.41) is 3.96. The predicted molar refractivity (Wildman–Crippen MR) is 61.4 cm³/mol. The minimum atomic E-state index is -4.63. The average molecular weight is 274 g/mol. The van der Waals surface area contributed by atoms with Crippen molar-refractivity contribution in [1.82, 2.24) is 19.7 Å². The molecule has 2 rings (SSSR count). The summed E-state index contributed by atoms with van der Waals surface area (Å²) in [7, 11) is 0. The predicted octanol–water partition coefficient (Wildman–Crippen LogP) is 2.49. The molecule has 2 heterocycles. The van der Waals surface area contributed by atoms with Crippen LogP contribution in [0.5, 0.6) is 0 Å². The molecule has 104 valence electrons. The Morgan fingerprint density at radius 2 is 2.05 bits per heavy atom. The second-order valence-corrected chi connectivity index (χ2v) is 4.32. The van der Waals surface area contributed by atoms with Crippen LogP contribution in [-0.2, 0) is 11.3 Å². The van der Waals surface area contributed by atoms with Gasteiger partial charge in [-0.05, 0) is 5.92 Å². The maximum atomic E-state index is 11.9. The first-order valence-corrected chi connectivity index (χ1v) is 5.76. The maximum Gasteiger partial charge on any atom is 0.522 e. The third-order valence-electron chi connectivity index (χ3n) is 2.52. The fourth-order valence-corrected chi connectivity index (χ4v) is 1.55. The van der Waals surface area contributed by atoms with Crippen LogP contribution in [0.2, 0.25) is 0 Å². The number of nitrogens with zero attached hydrogens (tertiary/aromatic N) is 4. The zero-order chi connectivity index (χ0) is 14.0. The Morgan fingerprint density at radius 1 is 1.32 bits per heavy atom. The molecular weight excluding hydrogens is 261 g/mol. The molecular formula is C11H13F3N4O. The first-order chi connectivity index (χ1) is 8.87. The molecule has 0 saturated carbocycles. The Balaban J connectivity index is 2.17. The van der Waals surface area contributed by atoms with Crippen LogP contribution < -0.4 is 0 Å². The maximum absolute atomic E-state index is 11.9. The molecule has 0 aliphatic rings. The van der Waals surface area contributed by atoms with Gasteiger partial charge in [-0.3, -0.25) is 4.74 Å². The Hall–Kier alpha value is -1.70. The second kappa shape index (κ2) is 5.12. The number of aromatic nitrogens is 4. The highest BCUT2D eigenvalue weighted by Gasteiger charge is 2.28. The molecule has 0 radical (unpaired) electrons. The largest absolute Gasteiger partial charge is 0.522 e. The van der Waals surface area contributed by atoms with Gasteiger partial charge in [0.15, 0.2) is 5.65 Å². The number of ether oxygens (including phenoxy) is 1. The molecule has 19 heavy (non-hydrogen) atoms. The van der Waals surface area contributed by atoms with E-state index in [4.69, 9.17) is 0 Å². The molecule has 0 bridgehead atoms. The van der Waals surface area contributed by atoms with Crippen molar-refractivity contribution in [3.8, 4) is 0 Å². The lowest BCUT2D eigenvalue weighted by Gasteiger charge is -2.08. The van der Waals surface area contributed by atoms with Crippen molar-refractivity contribution in [2.45, 2.75) is 32.7 Å². The molecule has 0 fully saturated rings. The van der Waals surface area contributed by atoms with Crippen LogP contribution in [0, 0.1) is 0 Å². The van der Waals surface area contributed by atoms with E-state index in [2.05, 4.69) is 19.8 Å². The van der Waals surface area contributed by atoms with Crippen molar-refractivity contribution in [3.63, 3.8) is 0 Å². The first-order valence-electron chi connectivity index (χ1n) is 5.76. The van der Waals surface area contributed by atoms with Gasteiger partial charge in [-0.25, -0.2) is 14.6 Å². The van der Waals surface area contributed by atoms with E-state index in [1.54, 1.807) is 6.20 Å². The zero-order valence-corrected chi connectivity index (χ0v) is 10.5. The summed E-state index contributed by atoms with van der Waals surface area (Å²) in [4.78, 5) is 8.52. The fourth-order valence-electron chi connectivity index (χ4n) is 1.55. The lowest BCUT2D eigenvalue weighted by atomic mass is 10.1. The standard InChI is InChI=1S/C11H13F3N4O/c1-7(2)8-5-15-9-6-16-18(10(9)17-8)3-4-19-11(12,13)14/h5-7H,3-4H2,1-2H3.